The molecule has 0 radical (unpaired) electrons. The maximum Gasteiger partial charge on any atom is 0.269 e. The quantitative estimate of drug-likeness (QED) is 0.618. The molecule has 0 aliphatic heterocycles. The molecule has 0 fully saturated rings. The lowest BCUT2D eigenvalue weighted by molar-refractivity contribution is -0.384. The molecule has 116 valence electrons. The molecule has 2 aromatic rings. The van der Waals surface area contributed by atoms with Crippen LogP contribution in [0.4, 0.5) is 5.69 Å². The monoisotopic (exact) mass is 338 g/mol. The maximum absolute atomic E-state index is 12.0. The highest BCUT2D eigenvalue weighted by Crippen LogP contribution is 2.29. The molecule has 0 amide bonds. The van der Waals surface area contributed by atoms with Crippen molar-refractivity contribution in [2.75, 3.05) is 14.1 Å². The predicted octanol–water partition coefficient (Wildman–Crippen LogP) is 3.00. The van der Waals surface area contributed by atoms with Crippen molar-refractivity contribution in [1.29, 1.82) is 0 Å². The number of nitrogens with zero attached hydrogens (tertiary/aromatic N) is 2. The van der Waals surface area contributed by atoms with Gasteiger partial charge in [0.2, 0.25) is 10.0 Å². The minimum absolute atomic E-state index is 0.0387. The van der Waals surface area contributed by atoms with Crippen molar-refractivity contribution >= 4 is 27.5 Å². The highest BCUT2D eigenvalue weighted by Gasteiger charge is 2.16. The van der Waals surface area contributed by atoms with Gasteiger partial charge in [-0.3, -0.25) is 10.1 Å². The first-order valence-electron chi connectivity index (χ1n) is 6.25. The largest absolute Gasteiger partial charge is 0.269 e. The zero-order valence-electron chi connectivity index (χ0n) is 12.0. The van der Waals surface area contributed by atoms with Crippen LogP contribution in [0.3, 0.4) is 0 Å². The maximum atomic E-state index is 12.0. The zero-order valence-corrected chi connectivity index (χ0v) is 13.6. The Kier molecular flexibility index (Phi) is 4.84. The summed E-state index contributed by atoms with van der Waals surface area (Å²) in [6.07, 6.45) is 0. The van der Waals surface area contributed by atoms with Gasteiger partial charge in [-0.15, -0.1) is 0 Å². The van der Waals surface area contributed by atoms with Gasteiger partial charge in [0.05, 0.1) is 9.82 Å². The first-order chi connectivity index (χ1) is 10.3. The van der Waals surface area contributed by atoms with Gasteiger partial charge in [0.1, 0.15) is 0 Å². The molecule has 0 saturated carbocycles. The standard InChI is InChI=1S/C14H14N2O4S2/c1-15(2)22(19,20)14-9-7-13(8-10-14)21-12-5-3-11(4-6-12)16(17)18/h3-10H,1-2H3. The van der Waals surface area contributed by atoms with Gasteiger partial charge in [-0.2, -0.15) is 0 Å². The number of benzene rings is 2. The van der Waals surface area contributed by atoms with Gasteiger partial charge < -0.3 is 0 Å². The van der Waals surface area contributed by atoms with Crippen LogP contribution in [0.2, 0.25) is 0 Å². The summed E-state index contributed by atoms with van der Waals surface area (Å²) in [5.74, 6) is 0. The predicted molar refractivity (Wildman–Crippen MR) is 84.5 cm³/mol. The molecule has 0 bridgehead atoms. The molecular formula is C14H14N2O4S2. The Morgan fingerprint density at radius 2 is 1.41 bits per heavy atom. The minimum Gasteiger partial charge on any atom is -0.258 e. The number of hydrogen-bond acceptors (Lipinski definition) is 5. The summed E-state index contributed by atoms with van der Waals surface area (Å²) in [5.41, 5.74) is 0.0387. The topological polar surface area (TPSA) is 80.5 Å². The third-order valence-corrected chi connectivity index (χ3v) is 5.73. The fourth-order valence-electron chi connectivity index (χ4n) is 1.66. The molecule has 0 unspecified atom stereocenters. The van der Waals surface area contributed by atoms with Gasteiger partial charge in [0.15, 0.2) is 0 Å². The molecule has 0 N–H and O–H groups in total. The van der Waals surface area contributed by atoms with E-state index in [1.54, 1.807) is 36.4 Å². The summed E-state index contributed by atoms with van der Waals surface area (Å²) in [6.45, 7) is 0. The normalized spacial score (nSPS) is 11.6. The van der Waals surface area contributed by atoms with Crippen molar-refractivity contribution in [3.05, 3.63) is 58.6 Å². The Bertz CT molecular complexity index is 769. The number of sulfonamides is 1. The van der Waals surface area contributed by atoms with E-state index < -0.39 is 14.9 Å². The van der Waals surface area contributed by atoms with Crippen molar-refractivity contribution in [1.82, 2.24) is 4.31 Å². The van der Waals surface area contributed by atoms with Gasteiger partial charge in [-0.25, -0.2) is 12.7 Å². The van der Waals surface area contributed by atoms with Gasteiger partial charge in [0, 0.05) is 36.0 Å². The van der Waals surface area contributed by atoms with Crippen LogP contribution in [0, 0.1) is 10.1 Å². The van der Waals surface area contributed by atoms with Crippen LogP contribution in [0.15, 0.2) is 63.2 Å². The molecule has 22 heavy (non-hydrogen) atoms. The van der Waals surface area contributed by atoms with Crippen LogP contribution in [0.25, 0.3) is 0 Å². The van der Waals surface area contributed by atoms with Gasteiger partial charge in [-0.1, -0.05) is 11.8 Å². The second kappa shape index (κ2) is 6.47. The lowest BCUT2D eigenvalue weighted by Gasteiger charge is -2.11. The van der Waals surface area contributed by atoms with Crippen molar-refractivity contribution in [3.8, 4) is 0 Å². The highest BCUT2D eigenvalue weighted by atomic mass is 32.2. The van der Waals surface area contributed by atoms with E-state index in [9.17, 15) is 18.5 Å². The smallest absolute Gasteiger partial charge is 0.258 e. The molecule has 8 heteroatoms. The summed E-state index contributed by atoms with van der Waals surface area (Å²) in [6, 6.07) is 12.7. The van der Waals surface area contributed by atoms with E-state index in [0.29, 0.717) is 0 Å². The molecule has 2 aromatic carbocycles. The number of hydrogen-bond donors (Lipinski definition) is 0. The molecule has 0 heterocycles. The average molecular weight is 338 g/mol. The fourth-order valence-corrected chi connectivity index (χ4v) is 3.38. The molecule has 0 aromatic heterocycles. The Hall–Kier alpha value is -1.90. The van der Waals surface area contributed by atoms with E-state index in [1.807, 2.05) is 0 Å². The summed E-state index contributed by atoms with van der Waals surface area (Å²) in [4.78, 5) is 12.1. The van der Waals surface area contributed by atoms with Crippen molar-refractivity contribution < 1.29 is 13.3 Å². The first-order valence-corrected chi connectivity index (χ1v) is 8.51. The number of rotatable bonds is 5. The molecule has 2 rings (SSSR count). The number of nitro benzene ring substituents is 1. The Balaban J connectivity index is 2.16. The Morgan fingerprint density at radius 3 is 1.82 bits per heavy atom. The number of nitro groups is 1. The summed E-state index contributed by atoms with van der Waals surface area (Å²) < 4.78 is 25.1. The van der Waals surface area contributed by atoms with Crippen LogP contribution in [-0.2, 0) is 10.0 Å². The van der Waals surface area contributed by atoms with E-state index in [-0.39, 0.29) is 10.6 Å². The third kappa shape index (κ3) is 3.65. The van der Waals surface area contributed by atoms with Crippen molar-refractivity contribution in [2.45, 2.75) is 14.7 Å². The van der Waals surface area contributed by atoms with E-state index in [0.717, 1.165) is 14.1 Å². The van der Waals surface area contributed by atoms with Crippen LogP contribution < -0.4 is 0 Å². The Morgan fingerprint density at radius 1 is 0.955 bits per heavy atom. The zero-order chi connectivity index (χ0) is 16.3. The van der Waals surface area contributed by atoms with Crippen molar-refractivity contribution in [3.63, 3.8) is 0 Å². The van der Waals surface area contributed by atoms with Crippen LogP contribution in [0.5, 0.6) is 0 Å². The minimum atomic E-state index is -3.43. The average Bonchev–Trinajstić information content (AvgIpc) is 2.48. The summed E-state index contributed by atoms with van der Waals surface area (Å²) >= 11 is 1.40. The number of non-ortho nitro benzene ring substituents is 1. The molecule has 0 saturated heterocycles. The van der Waals surface area contributed by atoms with E-state index in [2.05, 4.69) is 0 Å². The summed E-state index contributed by atoms with van der Waals surface area (Å²) in [5, 5.41) is 10.6. The lowest BCUT2D eigenvalue weighted by atomic mass is 10.3. The van der Waals surface area contributed by atoms with E-state index in [4.69, 9.17) is 0 Å². The SMILES string of the molecule is CN(C)S(=O)(=O)c1ccc(Sc2ccc([N+](=O)[O-])cc2)cc1. The van der Waals surface area contributed by atoms with E-state index in [1.165, 1.54) is 38.0 Å². The van der Waals surface area contributed by atoms with Crippen LogP contribution in [0.1, 0.15) is 0 Å². The molecular weight excluding hydrogens is 324 g/mol. The molecule has 0 atom stereocenters. The molecule has 6 nitrogen and oxygen atoms in total. The highest BCUT2D eigenvalue weighted by molar-refractivity contribution is 7.99. The van der Waals surface area contributed by atoms with Gasteiger partial charge in [0.25, 0.3) is 5.69 Å². The van der Waals surface area contributed by atoms with Crippen LogP contribution >= 0.6 is 11.8 Å². The lowest BCUT2D eigenvalue weighted by Crippen LogP contribution is -2.22. The fraction of sp³-hybridized carbons (Fsp3) is 0.143. The molecule has 0 aliphatic carbocycles. The third-order valence-electron chi connectivity index (χ3n) is 2.89. The van der Waals surface area contributed by atoms with Gasteiger partial charge in [-0.05, 0) is 36.4 Å². The molecule has 0 spiro atoms. The van der Waals surface area contributed by atoms with Crippen molar-refractivity contribution in [2.24, 2.45) is 0 Å². The van der Waals surface area contributed by atoms with Crippen LogP contribution in [-0.4, -0.2) is 31.7 Å². The Labute approximate surface area is 133 Å². The summed E-state index contributed by atoms with van der Waals surface area (Å²) in [7, 11) is -0.471. The van der Waals surface area contributed by atoms with E-state index >= 15 is 0 Å². The molecule has 0 aliphatic rings. The second-order valence-corrected chi connectivity index (χ2v) is 7.91. The second-order valence-electron chi connectivity index (χ2n) is 4.61. The van der Waals surface area contributed by atoms with Gasteiger partial charge >= 0.3 is 0 Å². The first kappa shape index (κ1) is 16.5.